The molecular weight excluding hydrogens is 354 g/mol. The molecule has 7 heteroatoms. The molecule has 2 heterocycles. The second kappa shape index (κ2) is 7.11. The van der Waals surface area contributed by atoms with Gasteiger partial charge in [-0.25, -0.2) is 9.97 Å². The number of para-hydroxylation sites is 2. The smallest absolute Gasteiger partial charge is 0.311 e. The number of benzene rings is 2. The van der Waals surface area contributed by atoms with E-state index in [-0.39, 0.29) is 11.7 Å². The highest BCUT2D eigenvalue weighted by molar-refractivity contribution is 5.77. The predicted octanol–water partition coefficient (Wildman–Crippen LogP) is 4.53. The molecule has 0 bridgehead atoms. The first-order valence-corrected chi connectivity index (χ1v) is 8.91. The third-order valence-corrected chi connectivity index (χ3v) is 4.99. The minimum Gasteiger partial charge on any atom is -0.347 e. The van der Waals surface area contributed by atoms with Gasteiger partial charge < -0.3 is 4.90 Å². The highest BCUT2D eigenvalue weighted by Gasteiger charge is 2.22. The van der Waals surface area contributed by atoms with Crippen molar-refractivity contribution in [2.75, 3.05) is 11.9 Å². The molecule has 0 aliphatic rings. The van der Waals surface area contributed by atoms with Crippen LogP contribution in [-0.2, 0) is 0 Å². The van der Waals surface area contributed by atoms with Gasteiger partial charge in [-0.05, 0) is 42.8 Å². The number of hydrogen-bond acceptors (Lipinski definition) is 5. The first-order chi connectivity index (χ1) is 13.6. The van der Waals surface area contributed by atoms with Crippen LogP contribution in [0, 0.1) is 10.1 Å². The molecule has 4 rings (SSSR count). The van der Waals surface area contributed by atoms with Crippen LogP contribution in [0.25, 0.3) is 16.7 Å². The minimum atomic E-state index is -0.404. The van der Waals surface area contributed by atoms with Crippen LogP contribution in [0.15, 0.2) is 73.2 Å². The Hall–Kier alpha value is -3.74. The molecule has 0 radical (unpaired) electrons. The number of fused-ring (bicyclic) bond motifs is 1. The highest BCUT2D eigenvalue weighted by atomic mass is 16.6. The van der Waals surface area contributed by atoms with E-state index in [1.165, 1.54) is 6.07 Å². The lowest BCUT2D eigenvalue weighted by molar-refractivity contribution is -0.384. The standard InChI is InChI=1S/C21H19N5O2/c1-15(24(2)21-20(26(27)28)8-5-13-22-21)16-9-11-17(12-10-16)25-14-23-18-6-3-4-7-19(18)25/h3-15H,1-2H3. The molecule has 0 fully saturated rings. The van der Waals surface area contributed by atoms with Crippen molar-refractivity contribution in [3.63, 3.8) is 0 Å². The summed E-state index contributed by atoms with van der Waals surface area (Å²) in [4.78, 5) is 21.4. The number of rotatable bonds is 5. The molecule has 2 aromatic carbocycles. The third kappa shape index (κ3) is 3.07. The Kier molecular flexibility index (Phi) is 4.49. The summed E-state index contributed by atoms with van der Waals surface area (Å²) in [6.45, 7) is 2.00. The lowest BCUT2D eigenvalue weighted by Crippen LogP contribution is -2.23. The lowest BCUT2D eigenvalue weighted by Gasteiger charge is -2.26. The molecule has 0 saturated carbocycles. The zero-order valence-electron chi connectivity index (χ0n) is 15.6. The summed E-state index contributed by atoms with van der Waals surface area (Å²) < 4.78 is 2.04. The average molecular weight is 373 g/mol. The molecule has 0 spiro atoms. The minimum absolute atomic E-state index is 0.00152. The number of hydrogen-bond donors (Lipinski definition) is 0. The predicted molar refractivity (Wildman–Crippen MR) is 109 cm³/mol. The normalized spacial score (nSPS) is 12.1. The van der Waals surface area contributed by atoms with E-state index in [0.29, 0.717) is 5.82 Å². The number of nitro groups is 1. The number of aromatic nitrogens is 3. The molecule has 4 aromatic rings. The molecule has 0 aliphatic carbocycles. The van der Waals surface area contributed by atoms with Crippen molar-refractivity contribution >= 4 is 22.5 Å². The van der Waals surface area contributed by atoms with Crippen molar-refractivity contribution in [2.24, 2.45) is 0 Å². The molecule has 0 N–H and O–H groups in total. The molecule has 0 aliphatic heterocycles. The topological polar surface area (TPSA) is 77.1 Å². The fraction of sp³-hybridized carbons (Fsp3) is 0.143. The van der Waals surface area contributed by atoms with Crippen molar-refractivity contribution in [2.45, 2.75) is 13.0 Å². The van der Waals surface area contributed by atoms with Crippen molar-refractivity contribution < 1.29 is 4.92 Å². The van der Waals surface area contributed by atoms with Gasteiger partial charge in [0.2, 0.25) is 5.82 Å². The third-order valence-electron chi connectivity index (χ3n) is 4.99. The van der Waals surface area contributed by atoms with Gasteiger partial charge in [-0.2, -0.15) is 0 Å². The zero-order chi connectivity index (χ0) is 19.7. The quantitative estimate of drug-likeness (QED) is 0.379. The first kappa shape index (κ1) is 17.7. The van der Waals surface area contributed by atoms with Gasteiger partial charge in [-0.15, -0.1) is 0 Å². The van der Waals surface area contributed by atoms with E-state index in [1.807, 2.05) is 78.3 Å². The van der Waals surface area contributed by atoms with E-state index in [4.69, 9.17) is 0 Å². The van der Waals surface area contributed by atoms with Gasteiger partial charge in [0, 0.05) is 25.0 Å². The lowest BCUT2D eigenvalue weighted by atomic mass is 10.1. The van der Waals surface area contributed by atoms with Crippen LogP contribution in [-0.4, -0.2) is 26.5 Å². The summed E-state index contributed by atoms with van der Waals surface area (Å²) in [6.07, 6.45) is 3.38. The van der Waals surface area contributed by atoms with Gasteiger partial charge in [0.05, 0.1) is 22.0 Å². The molecule has 0 amide bonds. The Morgan fingerprint density at radius 2 is 1.79 bits per heavy atom. The molecule has 2 aromatic heterocycles. The van der Waals surface area contributed by atoms with E-state index in [2.05, 4.69) is 9.97 Å². The summed E-state index contributed by atoms with van der Waals surface area (Å²) >= 11 is 0. The van der Waals surface area contributed by atoms with Gasteiger partial charge in [0.15, 0.2) is 0 Å². The molecule has 1 atom stereocenters. The van der Waals surface area contributed by atoms with Crippen LogP contribution in [0.2, 0.25) is 0 Å². The SMILES string of the molecule is CC(c1ccc(-n2cnc3ccccc32)cc1)N(C)c1ncccc1[N+](=O)[O-]. The van der Waals surface area contributed by atoms with Gasteiger partial charge in [-0.3, -0.25) is 14.7 Å². The largest absolute Gasteiger partial charge is 0.347 e. The van der Waals surface area contributed by atoms with Gasteiger partial charge in [-0.1, -0.05) is 24.3 Å². The average Bonchev–Trinajstić information content (AvgIpc) is 3.17. The molecule has 140 valence electrons. The Bertz CT molecular complexity index is 1140. The number of nitrogens with zero attached hydrogens (tertiary/aromatic N) is 5. The van der Waals surface area contributed by atoms with Crippen molar-refractivity contribution in [3.05, 3.63) is 88.9 Å². The maximum Gasteiger partial charge on any atom is 0.311 e. The summed E-state index contributed by atoms with van der Waals surface area (Å²) in [5.74, 6) is 0.352. The fourth-order valence-corrected chi connectivity index (χ4v) is 3.29. The molecular formula is C21H19N5O2. The second-order valence-electron chi connectivity index (χ2n) is 6.58. The summed E-state index contributed by atoms with van der Waals surface area (Å²) in [5.41, 5.74) is 4.04. The van der Waals surface area contributed by atoms with E-state index >= 15 is 0 Å². The molecule has 7 nitrogen and oxygen atoms in total. The maximum atomic E-state index is 11.3. The van der Waals surface area contributed by atoms with Crippen molar-refractivity contribution in [3.8, 4) is 5.69 Å². The fourth-order valence-electron chi connectivity index (χ4n) is 3.29. The Labute approximate surface area is 162 Å². The van der Waals surface area contributed by atoms with E-state index < -0.39 is 4.92 Å². The molecule has 28 heavy (non-hydrogen) atoms. The second-order valence-corrected chi connectivity index (χ2v) is 6.58. The van der Waals surface area contributed by atoms with Crippen LogP contribution in [0.5, 0.6) is 0 Å². The molecule has 1 unspecified atom stereocenters. The first-order valence-electron chi connectivity index (χ1n) is 8.91. The number of anilines is 1. The maximum absolute atomic E-state index is 11.3. The number of imidazole rings is 1. The van der Waals surface area contributed by atoms with Crippen LogP contribution >= 0.6 is 0 Å². The van der Waals surface area contributed by atoms with Crippen LogP contribution < -0.4 is 4.90 Å². The van der Waals surface area contributed by atoms with Gasteiger partial charge >= 0.3 is 5.69 Å². The van der Waals surface area contributed by atoms with Gasteiger partial charge in [0.25, 0.3) is 0 Å². The monoisotopic (exact) mass is 373 g/mol. The summed E-state index contributed by atoms with van der Waals surface area (Å²) in [7, 11) is 1.82. The Balaban J connectivity index is 1.63. The van der Waals surface area contributed by atoms with E-state index in [0.717, 1.165) is 22.3 Å². The number of pyridine rings is 1. The summed E-state index contributed by atoms with van der Waals surface area (Å²) in [6, 6.07) is 19.1. The zero-order valence-corrected chi connectivity index (χ0v) is 15.6. The van der Waals surface area contributed by atoms with Crippen LogP contribution in [0.1, 0.15) is 18.5 Å². The van der Waals surface area contributed by atoms with E-state index in [9.17, 15) is 10.1 Å². The highest BCUT2D eigenvalue weighted by Crippen LogP contribution is 2.31. The van der Waals surface area contributed by atoms with Crippen LogP contribution in [0.4, 0.5) is 11.5 Å². The van der Waals surface area contributed by atoms with Crippen LogP contribution in [0.3, 0.4) is 0 Å². The van der Waals surface area contributed by atoms with Crippen molar-refractivity contribution in [1.29, 1.82) is 0 Å². The van der Waals surface area contributed by atoms with Crippen molar-refractivity contribution in [1.82, 2.24) is 14.5 Å². The van der Waals surface area contributed by atoms with E-state index in [1.54, 1.807) is 12.3 Å². The Morgan fingerprint density at radius 1 is 1.04 bits per heavy atom. The Morgan fingerprint density at radius 3 is 2.54 bits per heavy atom. The van der Waals surface area contributed by atoms with Gasteiger partial charge in [0.1, 0.15) is 6.33 Å². The molecule has 0 saturated heterocycles. The summed E-state index contributed by atoms with van der Waals surface area (Å²) in [5, 5.41) is 11.3.